The zero-order chi connectivity index (χ0) is 16.5. The van der Waals surface area contributed by atoms with Crippen molar-refractivity contribution in [2.24, 2.45) is 5.92 Å². The summed E-state index contributed by atoms with van der Waals surface area (Å²) >= 11 is 1.51. The molecule has 0 fully saturated rings. The minimum absolute atomic E-state index is 0.101. The summed E-state index contributed by atoms with van der Waals surface area (Å²) in [4.78, 5) is 20.2. The van der Waals surface area contributed by atoms with Crippen molar-refractivity contribution in [1.29, 1.82) is 0 Å². The molecule has 1 atom stereocenters. The van der Waals surface area contributed by atoms with Gasteiger partial charge < -0.3 is 9.47 Å². The Bertz CT molecular complexity index is 835. The Kier molecular flexibility index (Phi) is 3.93. The molecule has 0 unspecified atom stereocenters. The highest BCUT2D eigenvalue weighted by molar-refractivity contribution is 7.12. The number of aryl methyl sites for hydroxylation is 1. The number of carbonyl (C=O) groups is 1. The van der Waals surface area contributed by atoms with E-state index in [-0.39, 0.29) is 5.91 Å². The van der Waals surface area contributed by atoms with Gasteiger partial charge in [0.2, 0.25) is 0 Å². The number of hydrogen-bond acceptors (Lipinski definition) is 4. The van der Waals surface area contributed by atoms with Crippen LogP contribution in [0.2, 0.25) is 0 Å². The van der Waals surface area contributed by atoms with E-state index in [2.05, 4.69) is 14.6 Å². The first-order chi connectivity index (χ1) is 11.7. The third kappa shape index (κ3) is 2.87. The molecule has 0 radical (unpaired) electrons. The number of carbonyl (C=O) groups excluding carboxylic acids is 1. The van der Waals surface area contributed by atoms with Gasteiger partial charge in [0, 0.05) is 50.3 Å². The lowest BCUT2D eigenvalue weighted by Gasteiger charge is -2.24. The molecular formula is C17H19N5OS. The molecule has 1 aliphatic heterocycles. The summed E-state index contributed by atoms with van der Waals surface area (Å²) in [5, 5.41) is 6.28. The molecule has 7 heteroatoms. The molecule has 3 aromatic rings. The third-order valence-electron chi connectivity index (χ3n) is 4.42. The lowest BCUT2D eigenvalue weighted by atomic mass is 10.1. The molecule has 0 aromatic carbocycles. The van der Waals surface area contributed by atoms with Gasteiger partial charge in [-0.2, -0.15) is 5.10 Å². The number of thiophene rings is 1. The van der Waals surface area contributed by atoms with Crippen molar-refractivity contribution in [2.45, 2.75) is 26.6 Å². The standard InChI is InChI=1S/C17H19N5OS/c1-13-3-8-24-16(13)17(23)21-10-14(11-22-6-2-4-19-22)9-20-7-5-18-15(20)12-21/h2-8,14H,9-12H2,1H3/t14-/m1/s1. The van der Waals surface area contributed by atoms with Gasteiger partial charge in [-0.25, -0.2) is 4.98 Å². The molecule has 0 saturated carbocycles. The number of rotatable bonds is 3. The van der Waals surface area contributed by atoms with Crippen molar-refractivity contribution in [2.75, 3.05) is 6.54 Å². The lowest BCUT2D eigenvalue weighted by molar-refractivity contribution is 0.0717. The summed E-state index contributed by atoms with van der Waals surface area (Å²) in [6, 6.07) is 3.93. The molecule has 24 heavy (non-hydrogen) atoms. The van der Waals surface area contributed by atoms with E-state index in [1.165, 1.54) is 11.3 Å². The van der Waals surface area contributed by atoms with Gasteiger partial charge in [-0.05, 0) is 30.0 Å². The quantitative estimate of drug-likeness (QED) is 0.735. The molecule has 3 aromatic heterocycles. The monoisotopic (exact) mass is 341 g/mol. The van der Waals surface area contributed by atoms with E-state index in [4.69, 9.17) is 0 Å². The van der Waals surface area contributed by atoms with Crippen LogP contribution in [-0.2, 0) is 19.6 Å². The maximum atomic E-state index is 13.0. The van der Waals surface area contributed by atoms with E-state index >= 15 is 0 Å². The first kappa shape index (κ1) is 15.1. The molecule has 1 amide bonds. The van der Waals surface area contributed by atoms with E-state index in [1.807, 2.05) is 52.6 Å². The summed E-state index contributed by atoms with van der Waals surface area (Å²) in [5.74, 6) is 1.34. The number of fused-ring (bicyclic) bond motifs is 1. The SMILES string of the molecule is Cc1ccsc1C(=O)N1Cc2nccn2C[C@@H](Cn2cccn2)C1. The van der Waals surface area contributed by atoms with Crippen LogP contribution >= 0.6 is 11.3 Å². The van der Waals surface area contributed by atoms with Crippen LogP contribution in [0.1, 0.15) is 21.1 Å². The van der Waals surface area contributed by atoms with E-state index in [1.54, 1.807) is 6.20 Å². The summed E-state index contributed by atoms with van der Waals surface area (Å²) in [6.45, 7) is 4.89. The Balaban J connectivity index is 1.61. The fraction of sp³-hybridized carbons (Fsp3) is 0.353. The first-order valence-corrected chi connectivity index (χ1v) is 8.89. The maximum absolute atomic E-state index is 13.0. The van der Waals surface area contributed by atoms with Crippen LogP contribution in [0.5, 0.6) is 0 Å². The third-order valence-corrected chi connectivity index (χ3v) is 5.42. The molecule has 0 aliphatic carbocycles. The highest BCUT2D eigenvalue weighted by Gasteiger charge is 2.27. The van der Waals surface area contributed by atoms with Gasteiger partial charge in [-0.15, -0.1) is 11.3 Å². The number of imidazole rings is 1. The fourth-order valence-electron chi connectivity index (χ4n) is 3.22. The van der Waals surface area contributed by atoms with Crippen LogP contribution in [0, 0.1) is 12.8 Å². The molecule has 124 valence electrons. The Morgan fingerprint density at radius 2 is 2.25 bits per heavy atom. The Hall–Kier alpha value is -2.41. The zero-order valence-electron chi connectivity index (χ0n) is 13.5. The van der Waals surface area contributed by atoms with E-state index in [0.717, 1.165) is 29.4 Å². The van der Waals surface area contributed by atoms with Crippen LogP contribution in [-0.4, -0.2) is 36.7 Å². The Labute approximate surface area is 144 Å². The zero-order valence-corrected chi connectivity index (χ0v) is 14.3. The van der Waals surface area contributed by atoms with Crippen molar-refractivity contribution in [3.63, 3.8) is 0 Å². The normalized spacial score (nSPS) is 17.5. The van der Waals surface area contributed by atoms with E-state index in [0.29, 0.717) is 19.0 Å². The molecule has 4 rings (SSSR count). The van der Waals surface area contributed by atoms with Gasteiger partial charge in [0.1, 0.15) is 5.82 Å². The molecule has 0 N–H and O–H groups in total. The summed E-state index contributed by atoms with van der Waals surface area (Å²) < 4.78 is 4.09. The average Bonchev–Trinajstić information content (AvgIpc) is 3.28. The maximum Gasteiger partial charge on any atom is 0.264 e. The van der Waals surface area contributed by atoms with Crippen LogP contribution in [0.25, 0.3) is 0 Å². The number of hydrogen-bond donors (Lipinski definition) is 0. The Morgan fingerprint density at radius 3 is 3.00 bits per heavy atom. The number of nitrogens with zero attached hydrogens (tertiary/aromatic N) is 5. The molecule has 0 saturated heterocycles. The Morgan fingerprint density at radius 1 is 1.33 bits per heavy atom. The second kappa shape index (κ2) is 6.24. The fourth-order valence-corrected chi connectivity index (χ4v) is 4.11. The molecule has 0 spiro atoms. The summed E-state index contributed by atoms with van der Waals surface area (Å²) in [6.07, 6.45) is 7.56. The van der Waals surface area contributed by atoms with Crippen LogP contribution in [0.4, 0.5) is 0 Å². The van der Waals surface area contributed by atoms with Gasteiger partial charge in [0.05, 0.1) is 11.4 Å². The molecule has 6 nitrogen and oxygen atoms in total. The van der Waals surface area contributed by atoms with Crippen molar-refractivity contribution in [1.82, 2.24) is 24.2 Å². The van der Waals surface area contributed by atoms with Gasteiger partial charge in [0.25, 0.3) is 5.91 Å². The van der Waals surface area contributed by atoms with Crippen molar-refractivity contribution in [3.8, 4) is 0 Å². The minimum atomic E-state index is 0.101. The summed E-state index contributed by atoms with van der Waals surface area (Å²) in [7, 11) is 0. The predicted octanol–water partition coefficient (Wildman–Crippen LogP) is 2.42. The second-order valence-electron chi connectivity index (χ2n) is 6.21. The largest absolute Gasteiger partial charge is 0.333 e. The van der Waals surface area contributed by atoms with Gasteiger partial charge in [-0.1, -0.05) is 0 Å². The van der Waals surface area contributed by atoms with Crippen LogP contribution in [0.3, 0.4) is 0 Å². The van der Waals surface area contributed by atoms with Crippen molar-refractivity contribution >= 4 is 17.2 Å². The van der Waals surface area contributed by atoms with Gasteiger partial charge in [-0.3, -0.25) is 9.48 Å². The first-order valence-electron chi connectivity index (χ1n) is 8.01. The van der Waals surface area contributed by atoms with E-state index < -0.39 is 0 Å². The average molecular weight is 341 g/mol. The molecule has 4 heterocycles. The van der Waals surface area contributed by atoms with Crippen LogP contribution < -0.4 is 0 Å². The lowest BCUT2D eigenvalue weighted by Crippen LogP contribution is -2.35. The van der Waals surface area contributed by atoms with Crippen LogP contribution in [0.15, 0.2) is 42.3 Å². The number of aromatic nitrogens is 4. The topological polar surface area (TPSA) is 56.0 Å². The predicted molar refractivity (Wildman–Crippen MR) is 91.7 cm³/mol. The molecular weight excluding hydrogens is 322 g/mol. The van der Waals surface area contributed by atoms with Crippen molar-refractivity contribution < 1.29 is 4.79 Å². The molecule has 0 bridgehead atoms. The highest BCUT2D eigenvalue weighted by Crippen LogP contribution is 2.23. The number of amides is 1. The van der Waals surface area contributed by atoms with Gasteiger partial charge >= 0.3 is 0 Å². The minimum Gasteiger partial charge on any atom is -0.333 e. The van der Waals surface area contributed by atoms with Gasteiger partial charge in [0.15, 0.2) is 0 Å². The smallest absolute Gasteiger partial charge is 0.264 e. The summed E-state index contributed by atoms with van der Waals surface area (Å²) in [5.41, 5.74) is 1.04. The second-order valence-corrected chi connectivity index (χ2v) is 7.12. The van der Waals surface area contributed by atoms with Crippen molar-refractivity contribution in [3.05, 3.63) is 58.6 Å². The van der Waals surface area contributed by atoms with E-state index in [9.17, 15) is 4.79 Å². The highest BCUT2D eigenvalue weighted by atomic mass is 32.1. The molecule has 1 aliphatic rings.